The lowest BCUT2D eigenvalue weighted by molar-refractivity contribution is 0.370. The Kier molecular flexibility index (Phi) is 3.62. The smallest absolute Gasteiger partial charge is 0.161 e. The first-order valence-corrected chi connectivity index (χ1v) is 4.54. The number of benzene rings is 1. The summed E-state index contributed by atoms with van der Waals surface area (Å²) < 4.78 is 5.69. The van der Waals surface area contributed by atoms with Crippen LogP contribution in [-0.4, -0.2) is 12.2 Å². The molecule has 0 bridgehead atoms. The van der Waals surface area contributed by atoms with Crippen LogP contribution in [0.5, 0.6) is 11.5 Å². The maximum absolute atomic E-state index is 9.61. The van der Waals surface area contributed by atoms with Gasteiger partial charge in [-0.15, -0.1) is 0 Å². The second-order valence-electron chi connectivity index (χ2n) is 2.50. The minimum Gasteiger partial charge on any atom is -0.504 e. The highest BCUT2D eigenvalue weighted by atomic mass is 79.9. The molecule has 0 radical (unpaired) electrons. The van der Waals surface area contributed by atoms with E-state index in [-0.39, 0.29) is 12.3 Å². The molecule has 0 atom stereocenters. The lowest BCUT2D eigenvalue weighted by Crippen LogP contribution is -1.89. The first kappa shape index (κ1) is 10.7. The zero-order valence-electron chi connectivity index (χ0n) is 7.44. The molecule has 5 nitrogen and oxygen atoms in total. The number of azide groups is 1. The fourth-order valence-corrected chi connectivity index (χ4v) is 1.50. The van der Waals surface area contributed by atoms with Gasteiger partial charge in [0.25, 0.3) is 0 Å². The fraction of sp³-hybridized carbons (Fsp3) is 0.250. The van der Waals surface area contributed by atoms with Gasteiger partial charge in [-0.05, 0) is 17.7 Å². The molecule has 1 aromatic rings. The SMILES string of the molecule is COc1cc(Br)cc(CN=[N+]=[N-])c1O. The molecule has 1 rings (SSSR count). The maximum atomic E-state index is 9.61. The number of hydrogen-bond donors (Lipinski definition) is 1. The molecular formula is C8H8BrN3O2. The molecule has 0 fully saturated rings. The van der Waals surface area contributed by atoms with E-state index in [1.165, 1.54) is 7.11 Å². The molecule has 0 aliphatic carbocycles. The van der Waals surface area contributed by atoms with Crippen molar-refractivity contribution in [3.05, 3.63) is 32.6 Å². The van der Waals surface area contributed by atoms with Gasteiger partial charge >= 0.3 is 0 Å². The number of phenolic OH excluding ortho intramolecular Hbond substituents is 1. The van der Waals surface area contributed by atoms with E-state index in [9.17, 15) is 5.11 Å². The number of aromatic hydroxyl groups is 1. The monoisotopic (exact) mass is 257 g/mol. The molecular weight excluding hydrogens is 250 g/mol. The molecule has 74 valence electrons. The number of nitrogens with zero attached hydrogens (tertiary/aromatic N) is 3. The Morgan fingerprint density at radius 3 is 2.93 bits per heavy atom. The normalized spacial score (nSPS) is 9.29. The van der Waals surface area contributed by atoms with Crippen LogP contribution < -0.4 is 4.74 Å². The average Bonchev–Trinajstić information content (AvgIpc) is 2.18. The van der Waals surface area contributed by atoms with Gasteiger partial charge in [-0.3, -0.25) is 0 Å². The zero-order valence-corrected chi connectivity index (χ0v) is 9.02. The molecule has 1 N–H and O–H groups in total. The van der Waals surface area contributed by atoms with Crippen molar-refractivity contribution in [1.82, 2.24) is 0 Å². The van der Waals surface area contributed by atoms with Gasteiger partial charge < -0.3 is 9.84 Å². The van der Waals surface area contributed by atoms with E-state index in [0.717, 1.165) is 4.47 Å². The van der Waals surface area contributed by atoms with Crippen LogP contribution in [0.3, 0.4) is 0 Å². The highest BCUT2D eigenvalue weighted by Crippen LogP contribution is 2.33. The Bertz CT molecular complexity index is 388. The summed E-state index contributed by atoms with van der Waals surface area (Å²) in [4.78, 5) is 2.62. The number of rotatable bonds is 3. The van der Waals surface area contributed by atoms with E-state index in [0.29, 0.717) is 11.3 Å². The third-order valence-corrected chi connectivity index (χ3v) is 2.10. The molecule has 0 aliphatic rings. The van der Waals surface area contributed by atoms with Gasteiger partial charge in [-0.25, -0.2) is 0 Å². The molecule has 0 aromatic heterocycles. The van der Waals surface area contributed by atoms with E-state index < -0.39 is 0 Å². The lowest BCUT2D eigenvalue weighted by Gasteiger charge is -2.07. The van der Waals surface area contributed by atoms with Crippen molar-refractivity contribution in [1.29, 1.82) is 0 Å². The van der Waals surface area contributed by atoms with Crippen LogP contribution in [-0.2, 0) is 6.54 Å². The van der Waals surface area contributed by atoms with E-state index in [2.05, 4.69) is 26.0 Å². The van der Waals surface area contributed by atoms with Gasteiger partial charge in [0.2, 0.25) is 0 Å². The summed E-state index contributed by atoms with van der Waals surface area (Å²) in [6, 6.07) is 3.31. The van der Waals surface area contributed by atoms with Crippen LogP contribution in [0, 0.1) is 0 Å². The number of phenols is 1. The van der Waals surface area contributed by atoms with Crippen LogP contribution >= 0.6 is 15.9 Å². The molecule has 0 spiro atoms. The third-order valence-electron chi connectivity index (χ3n) is 1.64. The van der Waals surface area contributed by atoms with Gasteiger partial charge in [0.1, 0.15) is 0 Å². The Balaban J connectivity index is 3.14. The van der Waals surface area contributed by atoms with Crippen molar-refractivity contribution in [2.24, 2.45) is 5.11 Å². The van der Waals surface area contributed by atoms with Gasteiger partial charge in [0, 0.05) is 14.9 Å². The second kappa shape index (κ2) is 4.74. The van der Waals surface area contributed by atoms with Gasteiger partial charge in [-0.2, -0.15) is 0 Å². The van der Waals surface area contributed by atoms with E-state index in [4.69, 9.17) is 10.3 Å². The van der Waals surface area contributed by atoms with Gasteiger partial charge in [-0.1, -0.05) is 21.0 Å². The summed E-state index contributed by atoms with van der Waals surface area (Å²) in [6.07, 6.45) is 0. The fourth-order valence-electron chi connectivity index (χ4n) is 1.01. The van der Waals surface area contributed by atoms with E-state index in [1.807, 2.05) is 0 Å². The predicted molar refractivity (Wildman–Crippen MR) is 55.2 cm³/mol. The highest BCUT2D eigenvalue weighted by molar-refractivity contribution is 9.10. The second-order valence-corrected chi connectivity index (χ2v) is 3.42. The molecule has 0 unspecified atom stereocenters. The van der Waals surface area contributed by atoms with Crippen LogP contribution in [0.25, 0.3) is 10.4 Å². The van der Waals surface area contributed by atoms with E-state index in [1.54, 1.807) is 12.1 Å². The minimum atomic E-state index is 0.00287. The van der Waals surface area contributed by atoms with Crippen LogP contribution in [0.15, 0.2) is 21.7 Å². The van der Waals surface area contributed by atoms with Crippen molar-refractivity contribution in [3.8, 4) is 11.5 Å². The molecule has 0 saturated carbocycles. The van der Waals surface area contributed by atoms with E-state index >= 15 is 0 Å². The summed E-state index contributed by atoms with van der Waals surface area (Å²) in [5, 5.41) is 13.0. The molecule has 0 heterocycles. The van der Waals surface area contributed by atoms with Crippen molar-refractivity contribution in [2.75, 3.05) is 7.11 Å². The maximum Gasteiger partial charge on any atom is 0.161 e. The summed E-state index contributed by atoms with van der Waals surface area (Å²) in [5.74, 6) is 0.352. The lowest BCUT2D eigenvalue weighted by atomic mass is 10.2. The summed E-state index contributed by atoms with van der Waals surface area (Å²) in [7, 11) is 1.46. The molecule has 1 aromatic carbocycles. The highest BCUT2D eigenvalue weighted by Gasteiger charge is 2.08. The first-order chi connectivity index (χ1) is 6.69. The Labute approximate surface area is 89.1 Å². The standard InChI is InChI=1S/C8H8BrN3O2/c1-14-7-3-6(9)2-5(8(7)13)4-11-12-10/h2-3,13H,4H2,1H3. The molecule has 0 saturated heterocycles. The Morgan fingerprint density at radius 1 is 1.64 bits per heavy atom. The quantitative estimate of drug-likeness (QED) is 0.513. The Hall–Kier alpha value is -1.39. The van der Waals surface area contributed by atoms with Crippen molar-refractivity contribution >= 4 is 15.9 Å². The number of halogens is 1. The topological polar surface area (TPSA) is 78.2 Å². The Morgan fingerprint density at radius 2 is 2.36 bits per heavy atom. The van der Waals surface area contributed by atoms with Crippen LogP contribution in [0.4, 0.5) is 0 Å². The number of methoxy groups -OCH3 is 1. The van der Waals surface area contributed by atoms with Gasteiger partial charge in [0.05, 0.1) is 13.7 Å². The third kappa shape index (κ3) is 2.31. The van der Waals surface area contributed by atoms with Crippen molar-refractivity contribution < 1.29 is 9.84 Å². The molecule has 0 amide bonds. The first-order valence-electron chi connectivity index (χ1n) is 3.75. The van der Waals surface area contributed by atoms with Crippen molar-refractivity contribution in [2.45, 2.75) is 6.54 Å². The molecule has 14 heavy (non-hydrogen) atoms. The molecule has 0 aliphatic heterocycles. The van der Waals surface area contributed by atoms with Crippen LogP contribution in [0.2, 0.25) is 0 Å². The predicted octanol–water partition coefficient (Wildman–Crippen LogP) is 2.97. The largest absolute Gasteiger partial charge is 0.504 e. The zero-order chi connectivity index (χ0) is 10.6. The number of ether oxygens (including phenoxy) is 1. The molecule has 6 heteroatoms. The summed E-state index contributed by atoms with van der Waals surface area (Å²) in [6.45, 7) is 0.0954. The van der Waals surface area contributed by atoms with Crippen molar-refractivity contribution in [3.63, 3.8) is 0 Å². The van der Waals surface area contributed by atoms with Crippen LogP contribution in [0.1, 0.15) is 5.56 Å². The average molecular weight is 258 g/mol. The summed E-state index contributed by atoms with van der Waals surface area (Å²) in [5.41, 5.74) is 8.67. The summed E-state index contributed by atoms with van der Waals surface area (Å²) >= 11 is 3.25. The van der Waals surface area contributed by atoms with Gasteiger partial charge in [0.15, 0.2) is 11.5 Å². The minimum absolute atomic E-state index is 0.00287. The number of hydrogen-bond acceptors (Lipinski definition) is 3.